The van der Waals surface area contributed by atoms with Crippen LogP contribution in [-0.4, -0.2) is 52.7 Å². The van der Waals surface area contributed by atoms with Crippen LogP contribution in [-0.2, 0) is 6.54 Å². The second-order valence-electron chi connectivity index (χ2n) is 6.41. The Balaban J connectivity index is 2.00. The fourth-order valence-corrected chi connectivity index (χ4v) is 2.70. The lowest BCUT2D eigenvalue weighted by molar-refractivity contribution is -0.00329. The van der Waals surface area contributed by atoms with Crippen molar-refractivity contribution in [1.29, 1.82) is 0 Å². The van der Waals surface area contributed by atoms with E-state index in [0.29, 0.717) is 0 Å². The van der Waals surface area contributed by atoms with Crippen molar-refractivity contribution in [3.05, 3.63) is 35.9 Å². The fourth-order valence-electron chi connectivity index (χ4n) is 2.70. The largest absolute Gasteiger partial charge is 0.395 e. The molecule has 1 aromatic rings. The number of aliphatic hydroxyl groups excluding tert-OH is 1. The van der Waals surface area contributed by atoms with Gasteiger partial charge in [0, 0.05) is 37.8 Å². The number of aliphatic hydroxyl groups is 1. The van der Waals surface area contributed by atoms with Crippen molar-refractivity contribution in [3.8, 4) is 0 Å². The van der Waals surface area contributed by atoms with Gasteiger partial charge in [0.25, 0.3) is 0 Å². The summed E-state index contributed by atoms with van der Waals surface area (Å²) in [5.41, 5.74) is 1.51. The lowest BCUT2D eigenvalue weighted by Crippen LogP contribution is -2.58. The predicted octanol–water partition coefficient (Wildman–Crippen LogP) is 1.96. The second-order valence-corrected chi connectivity index (χ2v) is 6.41. The van der Waals surface area contributed by atoms with Crippen molar-refractivity contribution in [2.45, 2.75) is 38.9 Å². The Morgan fingerprint density at radius 3 is 2.42 bits per heavy atom. The molecule has 106 valence electrons. The van der Waals surface area contributed by atoms with Crippen LogP contribution in [0.3, 0.4) is 0 Å². The van der Waals surface area contributed by atoms with Crippen LogP contribution in [0.1, 0.15) is 26.3 Å². The minimum Gasteiger partial charge on any atom is -0.395 e. The third-order valence-electron chi connectivity index (χ3n) is 3.99. The summed E-state index contributed by atoms with van der Waals surface area (Å²) in [5, 5.41) is 9.65. The van der Waals surface area contributed by atoms with Crippen LogP contribution in [0.25, 0.3) is 0 Å². The molecule has 0 bridgehead atoms. The third-order valence-corrected chi connectivity index (χ3v) is 3.99. The van der Waals surface area contributed by atoms with Crippen molar-refractivity contribution in [2.75, 3.05) is 26.2 Å². The maximum Gasteiger partial charge on any atom is 0.0599 e. The average molecular weight is 262 g/mol. The highest BCUT2D eigenvalue weighted by atomic mass is 16.3. The van der Waals surface area contributed by atoms with Crippen LogP contribution in [0.15, 0.2) is 30.3 Å². The summed E-state index contributed by atoms with van der Waals surface area (Å²) in [6.07, 6.45) is 0. The van der Waals surface area contributed by atoms with E-state index in [1.165, 1.54) is 5.56 Å². The number of hydrogen-bond donors (Lipinski definition) is 1. The van der Waals surface area contributed by atoms with E-state index in [2.05, 4.69) is 54.8 Å². The summed E-state index contributed by atoms with van der Waals surface area (Å²) in [5.74, 6) is 0. The SMILES string of the molecule is CC(C)(C)N1CCN(Cc2ccccc2)[C@@H](CO)C1. The molecule has 0 unspecified atom stereocenters. The molecule has 1 aliphatic rings. The second kappa shape index (κ2) is 6.04. The van der Waals surface area contributed by atoms with Gasteiger partial charge in [-0.05, 0) is 26.3 Å². The molecule has 19 heavy (non-hydrogen) atoms. The lowest BCUT2D eigenvalue weighted by atomic mass is 10.0. The Kier molecular flexibility index (Phi) is 4.61. The van der Waals surface area contributed by atoms with E-state index in [9.17, 15) is 5.11 Å². The van der Waals surface area contributed by atoms with Crippen LogP contribution >= 0.6 is 0 Å². The monoisotopic (exact) mass is 262 g/mol. The first-order chi connectivity index (χ1) is 9.00. The van der Waals surface area contributed by atoms with Crippen LogP contribution in [0.4, 0.5) is 0 Å². The van der Waals surface area contributed by atoms with Gasteiger partial charge in [-0.25, -0.2) is 0 Å². The van der Waals surface area contributed by atoms with Gasteiger partial charge in [0.2, 0.25) is 0 Å². The molecular formula is C16H26N2O. The van der Waals surface area contributed by atoms with Gasteiger partial charge in [-0.15, -0.1) is 0 Å². The number of piperazine rings is 1. The molecule has 2 rings (SSSR count). The van der Waals surface area contributed by atoms with Gasteiger partial charge in [-0.3, -0.25) is 9.80 Å². The average Bonchev–Trinajstić information content (AvgIpc) is 2.39. The summed E-state index contributed by atoms with van der Waals surface area (Å²) in [7, 11) is 0. The fraction of sp³-hybridized carbons (Fsp3) is 0.625. The minimum atomic E-state index is 0.187. The zero-order valence-electron chi connectivity index (χ0n) is 12.3. The smallest absolute Gasteiger partial charge is 0.0599 e. The van der Waals surface area contributed by atoms with Gasteiger partial charge in [0.05, 0.1) is 6.61 Å². The van der Waals surface area contributed by atoms with Crippen molar-refractivity contribution < 1.29 is 5.11 Å². The normalized spacial score (nSPS) is 22.6. The van der Waals surface area contributed by atoms with Crippen LogP contribution in [0.2, 0.25) is 0 Å². The first-order valence-electron chi connectivity index (χ1n) is 7.14. The molecule has 1 fully saturated rings. The van der Waals surface area contributed by atoms with Gasteiger partial charge >= 0.3 is 0 Å². The summed E-state index contributed by atoms with van der Waals surface area (Å²) in [4.78, 5) is 4.87. The molecule has 1 saturated heterocycles. The predicted molar refractivity (Wildman–Crippen MR) is 79.1 cm³/mol. The number of nitrogens with zero attached hydrogens (tertiary/aromatic N) is 2. The highest BCUT2D eigenvalue weighted by molar-refractivity contribution is 5.14. The standard InChI is InChI=1S/C16H26N2O/c1-16(2,3)18-10-9-17(15(12-18)13-19)11-14-7-5-4-6-8-14/h4-8,15,19H,9-13H2,1-3H3/t15-/m1/s1. The van der Waals surface area contributed by atoms with Crippen molar-refractivity contribution in [1.82, 2.24) is 9.80 Å². The van der Waals surface area contributed by atoms with Crippen LogP contribution < -0.4 is 0 Å². The number of benzene rings is 1. The molecule has 0 aromatic heterocycles. The van der Waals surface area contributed by atoms with E-state index in [1.807, 2.05) is 6.07 Å². The van der Waals surface area contributed by atoms with Crippen molar-refractivity contribution in [2.24, 2.45) is 0 Å². The van der Waals surface area contributed by atoms with Gasteiger partial charge in [-0.1, -0.05) is 30.3 Å². The summed E-state index contributed by atoms with van der Waals surface area (Å²) < 4.78 is 0. The summed E-state index contributed by atoms with van der Waals surface area (Å²) in [6.45, 7) is 11.0. The van der Waals surface area contributed by atoms with Crippen LogP contribution in [0, 0.1) is 0 Å². The Bertz CT molecular complexity index is 385. The Hall–Kier alpha value is -0.900. The Morgan fingerprint density at radius 1 is 1.16 bits per heavy atom. The first kappa shape index (κ1) is 14.5. The maximum absolute atomic E-state index is 9.65. The van der Waals surface area contributed by atoms with Crippen LogP contribution in [0.5, 0.6) is 0 Å². The van der Waals surface area contributed by atoms with E-state index in [1.54, 1.807) is 0 Å². The summed E-state index contributed by atoms with van der Waals surface area (Å²) >= 11 is 0. The van der Waals surface area contributed by atoms with E-state index < -0.39 is 0 Å². The van der Waals surface area contributed by atoms with Gasteiger partial charge < -0.3 is 5.11 Å². The quantitative estimate of drug-likeness (QED) is 0.902. The van der Waals surface area contributed by atoms with Gasteiger partial charge in [0.1, 0.15) is 0 Å². The minimum absolute atomic E-state index is 0.187. The lowest BCUT2D eigenvalue weighted by Gasteiger charge is -2.46. The molecule has 1 heterocycles. The first-order valence-corrected chi connectivity index (χ1v) is 7.14. The molecule has 1 aliphatic heterocycles. The molecule has 0 aliphatic carbocycles. The molecule has 1 N–H and O–H groups in total. The van der Waals surface area contributed by atoms with E-state index in [0.717, 1.165) is 26.2 Å². The third kappa shape index (κ3) is 3.78. The zero-order valence-corrected chi connectivity index (χ0v) is 12.3. The number of rotatable bonds is 3. The summed E-state index contributed by atoms with van der Waals surface area (Å²) in [6, 6.07) is 10.8. The van der Waals surface area contributed by atoms with E-state index in [4.69, 9.17) is 0 Å². The van der Waals surface area contributed by atoms with E-state index in [-0.39, 0.29) is 18.2 Å². The molecule has 1 aromatic carbocycles. The van der Waals surface area contributed by atoms with Crippen molar-refractivity contribution >= 4 is 0 Å². The van der Waals surface area contributed by atoms with E-state index >= 15 is 0 Å². The highest BCUT2D eigenvalue weighted by Crippen LogP contribution is 2.20. The zero-order chi connectivity index (χ0) is 13.9. The molecule has 1 atom stereocenters. The molecule has 3 nitrogen and oxygen atoms in total. The molecule has 0 radical (unpaired) electrons. The molecule has 0 amide bonds. The molecule has 0 spiro atoms. The van der Waals surface area contributed by atoms with Crippen molar-refractivity contribution in [3.63, 3.8) is 0 Å². The molecular weight excluding hydrogens is 236 g/mol. The molecule has 3 heteroatoms. The molecule has 0 saturated carbocycles. The number of hydrogen-bond acceptors (Lipinski definition) is 3. The maximum atomic E-state index is 9.65. The Labute approximate surface area is 116 Å². The Morgan fingerprint density at radius 2 is 1.84 bits per heavy atom. The highest BCUT2D eigenvalue weighted by Gasteiger charge is 2.31. The topological polar surface area (TPSA) is 26.7 Å². The van der Waals surface area contributed by atoms with Gasteiger partial charge in [-0.2, -0.15) is 0 Å². The van der Waals surface area contributed by atoms with Gasteiger partial charge in [0.15, 0.2) is 0 Å².